The van der Waals surface area contributed by atoms with Crippen LogP contribution in [-0.4, -0.2) is 30.6 Å². The number of esters is 2. The molecule has 0 aliphatic heterocycles. The first-order valence-corrected chi connectivity index (χ1v) is 10.2. The lowest BCUT2D eigenvalue weighted by molar-refractivity contribution is -0.157. The maximum atomic E-state index is 13.1. The van der Waals surface area contributed by atoms with E-state index in [1.54, 1.807) is 48.5 Å². The Labute approximate surface area is 190 Å². The maximum absolute atomic E-state index is 13.1. The second kappa shape index (κ2) is 9.20. The summed E-state index contributed by atoms with van der Waals surface area (Å²) in [5.74, 6) is 4.33. The molecule has 10 nitrogen and oxygen atoms in total. The Morgan fingerprint density at radius 1 is 0.938 bits per heavy atom. The summed E-state index contributed by atoms with van der Waals surface area (Å²) in [6, 6.07) is 0. The average Bonchev–Trinajstić information content (AvgIpc) is 3.00. The molecular weight excluding hydrogens is 440 g/mol. The summed E-state index contributed by atoms with van der Waals surface area (Å²) in [6.45, 7) is 10.4. The van der Waals surface area contributed by atoms with Gasteiger partial charge in [-0.15, -0.1) is 5.92 Å². The van der Waals surface area contributed by atoms with Crippen LogP contribution in [0, 0.1) is 22.7 Å². The first kappa shape index (κ1) is 25.2. The SMILES string of the molecule is CC#CCn1c(Cl)nc2c1c(=O)n(COC(=O)C(C)(C)C)c(=O)n2COC(=O)C(C)(C)C. The van der Waals surface area contributed by atoms with Crippen LogP contribution in [0.1, 0.15) is 48.5 Å². The van der Waals surface area contributed by atoms with E-state index in [2.05, 4.69) is 16.8 Å². The molecule has 0 unspecified atom stereocenters. The minimum atomic E-state index is -0.867. The monoisotopic (exact) mass is 466 g/mol. The molecule has 0 aliphatic rings. The zero-order valence-corrected chi connectivity index (χ0v) is 20.0. The van der Waals surface area contributed by atoms with E-state index in [1.807, 2.05) is 0 Å². The van der Waals surface area contributed by atoms with Crippen LogP contribution in [-0.2, 0) is 39.1 Å². The van der Waals surface area contributed by atoms with Crippen molar-refractivity contribution in [3.8, 4) is 11.8 Å². The Balaban J connectivity index is 2.67. The van der Waals surface area contributed by atoms with Gasteiger partial charge in [0.2, 0.25) is 5.28 Å². The summed E-state index contributed by atoms with van der Waals surface area (Å²) in [5, 5.41) is -0.0698. The summed E-state index contributed by atoms with van der Waals surface area (Å²) in [7, 11) is 0. The predicted molar refractivity (Wildman–Crippen MR) is 118 cm³/mol. The molecule has 0 aliphatic carbocycles. The third kappa shape index (κ3) is 5.22. The normalized spacial score (nSPS) is 11.8. The van der Waals surface area contributed by atoms with Crippen molar-refractivity contribution in [3.05, 3.63) is 26.1 Å². The second-order valence-electron chi connectivity index (χ2n) is 9.13. The zero-order chi connectivity index (χ0) is 24.4. The number of nitrogens with zero attached hydrogens (tertiary/aromatic N) is 4. The van der Waals surface area contributed by atoms with Gasteiger partial charge >= 0.3 is 17.6 Å². The lowest BCUT2D eigenvalue weighted by Crippen LogP contribution is -2.43. The Morgan fingerprint density at radius 3 is 1.91 bits per heavy atom. The molecule has 0 radical (unpaired) electrons. The maximum Gasteiger partial charge on any atom is 0.338 e. The summed E-state index contributed by atoms with van der Waals surface area (Å²) in [5.41, 5.74) is -3.38. The quantitative estimate of drug-likeness (QED) is 0.376. The molecule has 32 heavy (non-hydrogen) atoms. The van der Waals surface area contributed by atoms with Crippen molar-refractivity contribution in [2.45, 2.75) is 68.5 Å². The molecule has 0 saturated heterocycles. The van der Waals surface area contributed by atoms with Crippen LogP contribution in [0.25, 0.3) is 11.2 Å². The van der Waals surface area contributed by atoms with Crippen molar-refractivity contribution < 1.29 is 19.1 Å². The van der Waals surface area contributed by atoms with E-state index >= 15 is 0 Å². The largest absolute Gasteiger partial charge is 0.443 e. The van der Waals surface area contributed by atoms with E-state index in [9.17, 15) is 19.2 Å². The highest BCUT2D eigenvalue weighted by Crippen LogP contribution is 2.19. The molecular formula is C21H27ClN4O6. The van der Waals surface area contributed by atoms with Gasteiger partial charge in [-0.3, -0.25) is 19.0 Å². The van der Waals surface area contributed by atoms with Gasteiger partial charge < -0.3 is 9.47 Å². The number of imidazole rings is 1. The number of carbonyl (C=O) groups is 2. The highest BCUT2D eigenvalue weighted by molar-refractivity contribution is 6.29. The number of carbonyl (C=O) groups excluding carboxylic acids is 2. The van der Waals surface area contributed by atoms with E-state index in [0.717, 1.165) is 9.13 Å². The lowest BCUT2D eigenvalue weighted by atomic mass is 9.97. The van der Waals surface area contributed by atoms with Gasteiger partial charge in [0.05, 0.1) is 17.4 Å². The molecule has 0 atom stereocenters. The summed E-state index contributed by atoms with van der Waals surface area (Å²) in [6.07, 6.45) is 0. The highest BCUT2D eigenvalue weighted by atomic mass is 35.5. The third-order valence-corrected chi connectivity index (χ3v) is 4.64. The molecule has 174 valence electrons. The van der Waals surface area contributed by atoms with E-state index in [4.69, 9.17) is 21.1 Å². The predicted octanol–water partition coefficient (Wildman–Crippen LogP) is 2.13. The van der Waals surface area contributed by atoms with E-state index < -0.39 is 47.5 Å². The minimum absolute atomic E-state index is 0.0315. The van der Waals surface area contributed by atoms with Crippen LogP contribution in [0.4, 0.5) is 0 Å². The number of aromatic nitrogens is 4. The van der Waals surface area contributed by atoms with Gasteiger partial charge in [-0.05, 0) is 60.1 Å². The Morgan fingerprint density at radius 2 is 1.44 bits per heavy atom. The molecule has 2 rings (SSSR count). The zero-order valence-electron chi connectivity index (χ0n) is 19.2. The van der Waals surface area contributed by atoms with Gasteiger partial charge in [-0.25, -0.2) is 13.9 Å². The third-order valence-electron chi connectivity index (χ3n) is 4.36. The van der Waals surface area contributed by atoms with Crippen molar-refractivity contribution in [2.75, 3.05) is 0 Å². The van der Waals surface area contributed by atoms with Crippen LogP contribution in [0.15, 0.2) is 9.59 Å². The van der Waals surface area contributed by atoms with Gasteiger partial charge in [-0.2, -0.15) is 4.98 Å². The smallest absolute Gasteiger partial charge is 0.338 e. The number of rotatable bonds is 5. The fourth-order valence-corrected chi connectivity index (χ4v) is 2.70. The molecule has 0 spiro atoms. The molecule has 2 aromatic heterocycles. The van der Waals surface area contributed by atoms with Crippen molar-refractivity contribution in [2.24, 2.45) is 10.8 Å². The first-order valence-electron chi connectivity index (χ1n) is 9.83. The van der Waals surface area contributed by atoms with Crippen molar-refractivity contribution in [3.63, 3.8) is 0 Å². The molecule has 11 heteroatoms. The van der Waals surface area contributed by atoms with E-state index in [1.165, 1.54) is 4.57 Å². The van der Waals surface area contributed by atoms with Gasteiger partial charge in [0, 0.05) is 0 Å². The highest BCUT2D eigenvalue weighted by Gasteiger charge is 2.27. The van der Waals surface area contributed by atoms with Gasteiger partial charge in [0.15, 0.2) is 24.6 Å². The van der Waals surface area contributed by atoms with Gasteiger partial charge in [0.25, 0.3) is 5.56 Å². The summed E-state index contributed by atoms with van der Waals surface area (Å²) in [4.78, 5) is 54.7. The Bertz CT molecular complexity index is 1230. The number of halogens is 1. The summed E-state index contributed by atoms with van der Waals surface area (Å²) < 4.78 is 13.5. The standard InChI is InChI=1S/C21H27ClN4O6/c1-8-9-10-24-13-14(23-18(24)22)25(11-31-16(28)20(2,3)4)19(30)26(15(13)27)12-32-17(29)21(5,6)7/h10-12H2,1-7H3. The average molecular weight is 467 g/mol. The van der Waals surface area contributed by atoms with Crippen LogP contribution in [0.2, 0.25) is 5.28 Å². The summed E-state index contributed by atoms with van der Waals surface area (Å²) >= 11 is 6.20. The second-order valence-corrected chi connectivity index (χ2v) is 9.47. The molecule has 0 amide bonds. The van der Waals surface area contributed by atoms with Gasteiger partial charge in [0.1, 0.15) is 0 Å². The Kier molecular flexibility index (Phi) is 7.25. The van der Waals surface area contributed by atoms with Crippen LogP contribution >= 0.6 is 11.6 Å². The molecule has 2 aromatic rings. The number of hydrogen-bond acceptors (Lipinski definition) is 7. The lowest BCUT2D eigenvalue weighted by Gasteiger charge is -2.19. The van der Waals surface area contributed by atoms with Gasteiger partial charge in [-0.1, -0.05) is 5.92 Å². The van der Waals surface area contributed by atoms with E-state index in [-0.39, 0.29) is 23.0 Å². The Hall–Kier alpha value is -3.06. The number of hydrogen-bond donors (Lipinski definition) is 0. The first-order chi connectivity index (χ1) is 14.7. The van der Waals surface area contributed by atoms with E-state index in [0.29, 0.717) is 0 Å². The molecule has 0 aromatic carbocycles. The minimum Gasteiger partial charge on any atom is -0.443 e. The van der Waals surface area contributed by atoms with Crippen LogP contribution < -0.4 is 11.2 Å². The van der Waals surface area contributed by atoms with Crippen LogP contribution in [0.5, 0.6) is 0 Å². The van der Waals surface area contributed by atoms with Crippen molar-refractivity contribution >= 4 is 34.7 Å². The topological polar surface area (TPSA) is 114 Å². The molecule has 0 bridgehead atoms. The molecule has 0 fully saturated rings. The fourth-order valence-electron chi connectivity index (χ4n) is 2.48. The van der Waals surface area contributed by atoms with Crippen molar-refractivity contribution in [1.82, 2.24) is 18.7 Å². The van der Waals surface area contributed by atoms with Crippen LogP contribution in [0.3, 0.4) is 0 Å². The number of ether oxygens (including phenoxy) is 2. The fraction of sp³-hybridized carbons (Fsp3) is 0.571. The molecule has 0 N–H and O–H groups in total. The molecule has 0 saturated carbocycles. The number of fused-ring (bicyclic) bond motifs is 1. The molecule has 2 heterocycles. The van der Waals surface area contributed by atoms with Crippen molar-refractivity contribution in [1.29, 1.82) is 0 Å².